The second kappa shape index (κ2) is 13.5. The van der Waals surface area contributed by atoms with Gasteiger partial charge in [0.15, 0.2) is 0 Å². The van der Waals surface area contributed by atoms with Gasteiger partial charge in [0.25, 0.3) is 0 Å². The molecule has 37 heavy (non-hydrogen) atoms. The van der Waals surface area contributed by atoms with Crippen LogP contribution in [0.25, 0.3) is 0 Å². The lowest BCUT2D eigenvalue weighted by Crippen LogP contribution is -2.65. The zero-order chi connectivity index (χ0) is 26.1. The standard InChI is InChI=1S/C31H41NO4Si/c1-37(2,3)24-32-19-29(35-21-26-15-9-5-10-16-26)31(36-22-27-17-11-6-12-18-27)30(33)28(32)23-34-20-25-13-7-4-8-14-25/h4-18,28-31,33H,19-24H2,1-3H3/t28?,29-,30+,31+/m0/s1. The van der Waals surface area contributed by atoms with Gasteiger partial charge in [-0.1, -0.05) is 111 Å². The lowest BCUT2D eigenvalue weighted by Gasteiger charge is -2.48. The van der Waals surface area contributed by atoms with E-state index in [4.69, 9.17) is 14.2 Å². The van der Waals surface area contributed by atoms with Gasteiger partial charge in [0, 0.05) is 6.54 Å². The van der Waals surface area contributed by atoms with Crippen LogP contribution in [0, 0.1) is 0 Å². The number of nitrogens with zero attached hydrogens (tertiary/aromatic N) is 1. The molecule has 3 aromatic carbocycles. The molecule has 1 fully saturated rings. The number of benzene rings is 3. The van der Waals surface area contributed by atoms with E-state index in [-0.39, 0.29) is 12.1 Å². The monoisotopic (exact) mass is 519 g/mol. The van der Waals surface area contributed by atoms with E-state index in [9.17, 15) is 5.11 Å². The minimum absolute atomic E-state index is 0.159. The third-order valence-corrected chi connectivity index (χ3v) is 8.01. The molecule has 1 saturated heterocycles. The molecule has 4 atom stereocenters. The molecule has 1 heterocycles. The minimum atomic E-state index is -1.47. The van der Waals surface area contributed by atoms with Crippen molar-refractivity contribution in [1.29, 1.82) is 0 Å². The van der Waals surface area contributed by atoms with Crippen LogP contribution in [-0.4, -0.2) is 61.8 Å². The first-order chi connectivity index (χ1) is 17.9. The van der Waals surface area contributed by atoms with Crippen LogP contribution in [0.2, 0.25) is 19.6 Å². The van der Waals surface area contributed by atoms with E-state index in [2.05, 4.69) is 48.8 Å². The number of likely N-dealkylation sites (tertiary alicyclic amines) is 1. The molecule has 1 unspecified atom stereocenters. The van der Waals surface area contributed by atoms with Crippen LogP contribution in [0.4, 0.5) is 0 Å². The summed E-state index contributed by atoms with van der Waals surface area (Å²) < 4.78 is 19.0. The van der Waals surface area contributed by atoms with Crippen molar-refractivity contribution in [2.75, 3.05) is 19.3 Å². The van der Waals surface area contributed by atoms with Crippen molar-refractivity contribution in [3.05, 3.63) is 108 Å². The third-order valence-electron chi connectivity index (χ3n) is 6.65. The Kier molecular flexibility index (Phi) is 10.1. The van der Waals surface area contributed by atoms with Gasteiger partial charge in [0.05, 0.1) is 46.6 Å². The van der Waals surface area contributed by atoms with Gasteiger partial charge in [-0.2, -0.15) is 0 Å². The number of ether oxygens (including phenoxy) is 3. The van der Waals surface area contributed by atoms with Gasteiger partial charge >= 0.3 is 0 Å². The van der Waals surface area contributed by atoms with Crippen molar-refractivity contribution in [2.45, 2.75) is 63.8 Å². The quantitative estimate of drug-likeness (QED) is 0.329. The predicted octanol–water partition coefficient (Wildman–Crippen LogP) is 5.30. The highest BCUT2D eigenvalue weighted by Gasteiger charge is 2.45. The van der Waals surface area contributed by atoms with Crippen LogP contribution >= 0.6 is 0 Å². The molecule has 0 aliphatic carbocycles. The molecule has 4 rings (SSSR count). The van der Waals surface area contributed by atoms with Crippen molar-refractivity contribution in [3.63, 3.8) is 0 Å². The van der Waals surface area contributed by atoms with Crippen molar-refractivity contribution >= 4 is 8.07 Å². The highest BCUT2D eigenvalue weighted by atomic mass is 28.3. The SMILES string of the molecule is C[Si](C)(C)CN1C[C@H](OCc2ccccc2)[C@@H](OCc2ccccc2)[C@H](O)C1COCc1ccccc1. The van der Waals surface area contributed by atoms with Crippen LogP contribution in [0.3, 0.4) is 0 Å². The van der Waals surface area contributed by atoms with Gasteiger partial charge in [-0.05, 0) is 22.9 Å². The zero-order valence-corrected chi connectivity index (χ0v) is 23.3. The number of hydrogen-bond donors (Lipinski definition) is 1. The predicted molar refractivity (Wildman–Crippen MR) is 151 cm³/mol. The number of rotatable bonds is 12. The second-order valence-electron chi connectivity index (χ2n) is 11.1. The summed E-state index contributed by atoms with van der Waals surface area (Å²) in [6.45, 7) is 9.66. The Hall–Kier alpha value is -2.32. The first-order valence-corrected chi connectivity index (χ1v) is 16.9. The fourth-order valence-corrected chi connectivity index (χ4v) is 6.47. The van der Waals surface area contributed by atoms with E-state index in [0.29, 0.717) is 33.0 Å². The molecular formula is C31H41NO4Si. The van der Waals surface area contributed by atoms with Crippen LogP contribution in [0.5, 0.6) is 0 Å². The molecular weight excluding hydrogens is 478 g/mol. The van der Waals surface area contributed by atoms with Crippen LogP contribution in [0.15, 0.2) is 91.0 Å². The fraction of sp³-hybridized carbons (Fsp3) is 0.419. The Balaban J connectivity index is 1.51. The van der Waals surface area contributed by atoms with Gasteiger partial charge in [0.1, 0.15) is 12.2 Å². The maximum atomic E-state index is 11.7. The Morgan fingerprint density at radius 1 is 0.730 bits per heavy atom. The lowest BCUT2D eigenvalue weighted by molar-refractivity contribution is -0.190. The van der Waals surface area contributed by atoms with Gasteiger partial charge in [-0.15, -0.1) is 0 Å². The van der Waals surface area contributed by atoms with Crippen LogP contribution in [0.1, 0.15) is 16.7 Å². The number of piperidine rings is 1. The summed E-state index contributed by atoms with van der Waals surface area (Å²) in [7, 11) is -1.47. The first kappa shape index (κ1) is 27.7. The fourth-order valence-electron chi connectivity index (χ4n) is 4.89. The Labute approximate surface area is 223 Å². The summed E-state index contributed by atoms with van der Waals surface area (Å²) in [4.78, 5) is 2.39. The van der Waals surface area contributed by atoms with E-state index < -0.39 is 20.3 Å². The summed E-state index contributed by atoms with van der Waals surface area (Å²) >= 11 is 0. The first-order valence-electron chi connectivity index (χ1n) is 13.2. The Morgan fingerprint density at radius 2 is 1.22 bits per heavy atom. The van der Waals surface area contributed by atoms with Crippen molar-refractivity contribution in [2.24, 2.45) is 0 Å². The van der Waals surface area contributed by atoms with Gasteiger partial charge in [-0.25, -0.2) is 0 Å². The Bertz CT molecular complexity index is 1050. The van der Waals surface area contributed by atoms with E-state index in [1.54, 1.807) is 0 Å². The molecule has 0 amide bonds. The molecule has 0 saturated carbocycles. The summed E-state index contributed by atoms with van der Waals surface area (Å²) in [6.07, 6.45) is -0.474. The molecule has 5 nitrogen and oxygen atoms in total. The molecule has 1 aliphatic heterocycles. The van der Waals surface area contributed by atoms with E-state index in [0.717, 1.165) is 22.9 Å². The third kappa shape index (κ3) is 8.60. The summed E-state index contributed by atoms with van der Waals surface area (Å²) in [5, 5.41) is 11.7. The molecule has 1 aliphatic rings. The maximum Gasteiger partial charge on any atom is 0.113 e. The summed E-state index contributed by atoms with van der Waals surface area (Å²) in [5.74, 6) is 0. The highest BCUT2D eigenvalue weighted by Crippen LogP contribution is 2.27. The maximum absolute atomic E-state index is 11.7. The van der Waals surface area contributed by atoms with Crippen LogP contribution in [-0.2, 0) is 34.0 Å². The van der Waals surface area contributed by atoms with Crippen molar-refractivity contribution in [1.82, 2.24) is 4.90 Å². The number of hydrogen-bond acceptors (Lipinski definition) is 5. The topological polar surface area (TPSA) is 51.2 Å². The lowest BCUT2D eigenvalue weighted by atomic mass is 9.94. The van der Waals surface area contributed by atoms with Gasteiger partial charge in [0.2, 0.25) is 0 Å². The average molecular weight is 520 g/mol. The molecule has 0 radical (unpaired) electrons. The molecule has 198 valence electrons. The van der Waals surface area contributed by atoms with Crippen LogP contribution < -0.4 is 0 Å². The van der Waals surface area contributed by atoms with Crippen molar-refractivity contribution < 1.29 is 19.3 Å². The molecule has 0 aromatic heterocycles. The van der Waals surface area contributed by atoms with Gasteiger partial charge in [-0.3, -0.25) is 4.90 Å². The average Bonchev–Trinajstić information content (AvgIpc) is 2.89. The zero-order valence-electron chi connectivity index (χ0n) is 22.3. The normalized spacial score (nSPS) is 22.7. The largest absolute Gasteiger partial charge is 0.389 e. The van der Waals surface area contributed by atoms with Crippen molar-refractivity contribution in [3.8, 4) is 0 Å². The molecule has 0 spiro atoms. The smallest absolute Gasteiger partial charge is 0.113 e. The van der Waals surface area contributed by atoms with E-state index in [1.165, 1.54) is 0 Å². The van der Waals surface area contributed by atoms with E-state index >= 15 is 0 Å². The molecule has 1 N–H and O–H groups in total. The summed E-state index contributed by atoms with van der Waals surface area (Å²) in [6, 6.07) is 30.3. The molecule has 6 heteroatoms. The Morgan fingerprint density at radius 3 is 1.73 bits per heavy atom. The number of aliphatic hydroxyl groups is 1. The second-order valence-corrected chi connectivity index (χ2v) is 16.6. The summed E-state index contributed by atoms with van der Waals surface area (Å²) in [5.41, 5.74) is 3.33. The molecule has 0 bridgehead atoms. The molecule has 3 aromatic rings. The highest BCUT2D eigenvalue weighted by molar-refractivity contribution is 6.76. The van der Waals surface area contributed by atoms with E-state index in [1.807, 2.05) is 66.7 Å². The minimum Gasteiger partial charge on any atom is -0.389 e. The van der Waals surface area contributed by atoms with Gasteiger partial charge < -0.3 is 19.3 Å². The number of aliphatic hydroxyl groups excluding tert-OH is 1.